The molecule has 0 atom stereocenters. The molecule has 1 saturated heterocycles. The molecule has 0 aliphatic carbocycles. The SMILES string of the molecule is O=S(=O)(NCCCNCc1cccnc1)N1CCOCC1. The third-order valence-electron chi connectivity index (χ3n) is 3.18. The Hall–Kier alpha value is -1.06. The van der Waals surface area contributed by atoms with Gasteiger partial charge >= 0.3 is 0 Å². The predicted octanol–water partition coefficient (Wildman–Crippen LogP) is -0.272. The number of nitrogens with zero attached hydrogens (tertiary/aromatic N) is 2. The van der Waals surface area contributed by atoms with E-state index in [1.54, 1.807) is 6.20 Å². The van der Waals surface area contributed by atoms with Gasteiger partial charge in [-0.05, 0) is 24.6 Å². The zero-order valence-corrected chi connectivity index (χ0v) is 12.8. The Kier molecular flexibility index (Phi) is 6.52. The average molecular weight is 314 g/mol. The lowest BCUT2D eigenvalue weighted by molar-refractivity contribution is 0.0725. The summed E-state index contributed by atoms with van der Waals surface area (Å²) in [6.45, 7) is 3.70. The van der Waals surface area contributed by atoms with Crippen molar-refractivity contribution in [2.75, 3.05) is 39.4 Å². The standard InChI is InChI=1S/C13H22N4O3S/c18-21(19,17-7-9-20-10-8-17)16-6-2-5-15-12-13-3-1-4-14-11-13/h1,3-4,11,15-16H,2,5-10,12H2. The molecular weight excluding hydrogens is 292 g/mol. The Morgan fingerprint density at radius 2 is 2.10 bits per heavy atom. The van der Waals surface area contributed by atoms with Crippen molar-refractivity contribution < 1.29 is 13.2 Å². The molecule has 0 radical (unpaired) electrons. The Morgan fingerprint density at radius 1 is 1.29 bits per heavy atom. The summed E-state index contributed by atoms with van der Waals surface area (Å²) < 4.78 is 33.1. The highest BCUT2D eigenvalue weighted by Crippen LogP contribution is 2.02. The van der Waals surface area contributed by atoms with Crippen LogP contribution >= 0.6 is 0 Å². The van der Waals surface area contributed by atoms with Crippen molar-refractivity contribution in [1.29, 1.82) is 0 Å². The molecule has 2 N–H and O–H groups in total. The largest absolute Gasteiger partial charge is 0.379 e. The van der Waals surface area contributed by atoms with Crippen LogP contribution in [0.15, 0.2) is 24.5 Å². The van der Waals surface area contributed by atoms with Crippen LogP contribution < -0.4 is 10.0 Å². The zero-order valence-electron chi connectivity index (χ0n) is 12.0. The van der Waals surface area contributed by atoms with E-state index in [-0.39, 0.29) is 0 Å². The van der Waals surface area contributed by atoms with Gasteiger partial charge in [0.05, 0.1) is 13.2 Å². The van der Waals surface area contributed by atoms with Crippen LogP contribution in [0.3, 0.4) is 0 Å². The highest BCUT2D eigenvalue weighted by molar-refractivity contribution is 7.87. The van der Waals surface area contributed by atoms with Crippen LogP contribution in [0.1, 0.15) is 12.0 Å². The number of pyridine rings is 1. The van der Waals surface area contributed by atoms with E-state index < -0.39 is 10.2 Å². The molecule has 0 saturated carbocycles. The number of ether oxygens (including phenoxy) is 1. The Balaban J connectivity index is 1.58. The van der Waals surface area contributed by atoms with Crippen LogP contribution in [0.25, 0.3) is 0 Å². The maximum atomic E-state index is 12.0. The molecule has 0 unspecified atom stereocenters. The van der Waals surface area contributed by atoms with Crippen molar-refractivity contribution >= 4 is 10.2 Å². The van der Waals surface area contributed by atoms with Gasteiger partial charge in [0.1, 0.15) is 0 Å². The second-order valence-electron chi connectivity index (χ2n) is 4.80. The molecule has 21 heavy (non-hydrogen) atoms. The van der Waals surface area contributed by atoms with Gasteiger partial charge in [-0.25, -0.2) is 4.72 Å². The Morgan fingerprint density at radius 3 is 2.81 bits per heavy atom. The first-order chi connectivity index (χ1) is 10.2. The van der Waals surface area contributed by atoms with Crippen LogP contribution in [-0.2, 0) is 21.5 Å². The molecule has 0 spiro atoms. The second kappa shape index (κ2) is 8.40. The maximum Gasteiger partial charge on any atom is 0.279 e. The third-order valence-corrected chi connectivity index (χ3v) is 4.79. The second-order valence-corrected chi connectivity index (χ2v) is 6.56. The zero-order chi connectivity index (χ0) is 15.0. The molecule has 1 aliphatic heterocycles. The fourth-order valence-corrected chi connectivity index (χ4v) is 3.24. The van der Waals surface area contributed by atoms with E-state index in [9.17, 15) is 8.42 Å². The molecule has 0 aromatic carbocycles. The van der Waals surface area contributed by atoms with Gasteiger partial charge in [0, 0.05) is 38.6 Å². The lowest BCUT2D eigenvalue weighted by Gasteiger charge is -2.26. The van der Waals surface area contributed by atoms with E-state index in [1.165, 1.54) is 4.31 Å². The maximum absolute atomic E-state index is 12.0. The Bertz CT molecular complexity index is 503. The van der Waals surface area contributed by atoms with Crippen molar-refractivity contribution in [1.82, 2.24) is 19.3 Å². The lowest BCUT2D eigenvalue weighted by atomic mass is 10.3. The molecular formula is C13H22N4O3S. The summed E-state index contributed by atoms with van der Waals surface area (Å²) in [6, 6.07) is 3.90. The van der Waals surface area contributed by atoms with E-state index in [2.05, 4.69) is 15.0 Å². The van der Waals surface area contributed by atoms with Gasteiger partial charge in [-0.2, -0.15) is 12.7 Å². The fourth-order valence-electron chi connectivity index (χ4n) is 2.03. The molecule has 118 valence electrons. The van der Waals surface area contributed by atoms with Crippen molar-refractivity contribution in [2.45, 2.75) is 13.0 Å². The smallest absolute Gasteiger partial charge is 0.279 e. The van der Waals surface area contributed by atoms with Gasteiger partial charge in [0.15, 0.2) is 0 Å². The first-order valence-corrected chi connectivity index (χ1v) is 8.54. The summed E-state index contributed by atoms with van der Waals surface area (Å²) >= 11 is 0. The van der Waals surface area contributed by atoms with E-state index in [1.807, 2.05) is 18.3 Å². The predicted molar refractivity (Wildman–Crippen MR) is 79.9 cm³/mol. The van der Waals surface area contributed by atoms with Crippen LogP contribution in [-0.4, -0.2) is 57.1 Å². The quantitative estimate of drug-likeness (QED) is 0.645. The van der Waals surface area contributed by atoms with E-state index in [0.29, 0.717) is 32.8 Å². The number of morpholine rings is 1. The van der Waals surface area contributed by atoms with Crippen molar-refractivity contribution in [3.8, 4) is 0 Å². The van der Waals surface area contributed by atoms with Crippen LogP contribution in [0.2, 0.25) is 0 Å². The van der Waals surface area contributed by atoms with Gasteiger partial charge < -0.3 is 10.1 Å². The normalized spacial score (nSPS) is 17.0. The minimum absolute atomic E-state index is 0.425. The van der Waals surface area contributed by atoms with Gasteiger partial charge in [0.2, 0.25) is 0 Å². The third kappa shape index (κ3) is 5.68. The van der Waals surface area contributed by atoms with Gasteiger partial charge in [0.25, 0.3) is 10.2 Å². The van der Waals surface area contributed by atoms with Crippen molar-refractivity contribution in [3.63, 3.8) is 0 Å². The molecule has 1 fully saturated rings. The first-order valence-electron chi connectivity index (χ1n) is 7.10. The summed E-state index contributed by atoms with van der Waals surface area (Å²) in [5.74, 6) is 0. The van der Waals surface area contributed by atoms with Crippen LogP contribution in [0.5, 0.6) is 0 Å². The summed E-state index contributed by atoms with van der Waals surface area (Å²) in [4.78, 5) is 4.04. The van der Waals surface area contributed by atoms with E-state index >= 15 is 0 Å². The van der Waals surface area contributed by atoms with Crippen molar-refractivity contribution in [2.24, 2.45) is 0 Å². The fraction of sp³-hybridized carbons (Fsp3) is 0.615. The number of aromatic nitrogens is 1. The molecule has 0 bridgehead atoms. The number of hydrogen-bond acceptors (Lipinski definition) is 5. The highest BCUT2D eigenvalue weighted by atomic mass is 32.2. The molecule has 7 nitrogen and oxygen atoms in total. The number of rotatable bonds is 8. The minimum atomic E-state index is -3.36. The van der Waals surface area contributed by atoms with Crippen LogP contribution in [0, 0.1) is 0 Å². The summed E-state index contributed by atoms with van der Waals surface area (Å²) in [7, 11) is -3.36. The Labute approximate surface area is 125 Å². The molecule has 1 aromatic heterocycles. The van der Waals surface area contributed by atoms with Gasteiger partial charge in [-0.3, -0.25) is 4.98 Å². The summed E-state index contributed by atoms with van der Waals surface area (Å²) in [5, 5.41) is 3.26. The number of nitrogens with one attached hydrogen (secondary N) is 2. The van der Waals surface area contributed by atoms with E-state index in [4.69, 9.17) is 4.74 Å². The molecule has 1 aliphatic rings. The summed E-state index contributed by atoms with van der Waals surface area (Å²) in [6.07, 6.45) is 4.29. The molecule has 0 amide bonds. The summed E-state index contributed by atoms with van der Waals surface area (Å²) in [5.41, 5.74) is 1.12. The minimum Gasteiger partial charge on any atom is -0.379 e. The van der Waals surface area contributed by atoms with Gasteiger partial charge in [-0.1, -0.05) is 6.07 Å². The molecule has 1 aromatic rings. The first kappa shape index (κ1) is 16.3. The molecule has 2 heterocycles. The van der Waals surface area contributed by atoms with E-state index in [0.717, 1.165) is 25.1 Å². The highest BCUT2D eigenvalue weighted by Gasteiger charge is 2.23. The monoisotopic (exact) mass is 314 g/mol. The van der Waals surface area contributed by atoms with Crippen molar-refractivity contribution in [3.05, 3.63) is 30.1 Å². The lowest BCUT2D eigenvalue weighted by Crippen LogP contribution is -2.47. The molecule has 8 heteroatoms. The topological polar surface area (TPSA) is 83.6 Å². The van der Waals surface area contributed by atoms with Crippen LogP contribution in [0.4, 0.5) is 0 Å². The number of hydrogen-bond donors (Lipinski definition) is 2. The average Bonchev–Trinajstić information content (AvgIpc) is 2.52. The molecule has 2 rings (SSSR count). The van der Waals surface area contributed by atoms with Gasteiger partial charge in [-0.15, -0.1) is 0 Å².